The van der Waals surface area contributed by atoms with Crippen LogP contribution in [0.1, 0.15) is 0 Å². The minimum absolute atomic E-state index is 0.241. The van der Waals surface area contributed by atoms with Crippen LogP contribution < -0.4 is 9.47 Å². The Morgan fingerprint density at radius 2 is 0.719 bits per heavy atom. The first-order valence-electron chi connectivity index (χ1n) is 9.38. The molecular weight excluding hydrogens is 412 g/mol. The Hall–Kier alpha value is -4.65. The summed E-state index contributed by atoms with van der Waals surface area (Å²) in [6.45, 7) is 0. The smallest absolute Gasteiger partial charge is 0.503 e. The Morgan fingerprint density at radius 1 is 0.469 bits per heavy atom. The molecule has 0 bridgehead atoms. The highest BCUT2D eigenvalue weighted by Gasteiger charge is 1.96. The van der Waals surface area contributed by atoms with Gasteiger partial charge in [-0.25, -0.2) is 4.79 Å². The van der Waals surface area contributed by atoms with E-state index in [0.29, 0.717) is 11.5 Å². The molecule has 164 valence electrons. The molecule has 0 spiro atoms. The molecule has 4 aromatic carbocycles. The molecule has 0 saturated heterocycles. The Morgan fingerprint density at radius 3 is 1.00 bits per heavy atom. The van der Waals surface area contributed by atoms with Gasteiger partial charge in [-0.3, -0.25) is 0 Å². The summed E-state index contributed by atoms with van der Waals surface area (Å²) >= 11 is 0. The maximum Gasteiger partial charge on any atom is 0.503 e. The van der Waals surface area contributed by atoms with Crippen LogP contribution in [-0.4, -0.2) is 26.6 Å². The van der Waals surface area contributed by atoms with Crippen molar-refractivity contribution in [1.82, 2.24) is 0 Å². The van der Waals surface area contributed by atoms with E-state index in [1.54, 1.807) is 48.5 Å². The number of ether oxygens (including phenoxy) is 2. The summed E-state index contributed by atoms with van der Waals surface area (Å²) in [6, 6.07) is 32.3. The Bertz CT molecular complexity index is 962. The highest BCUT2D eigenvalue weighted by atomic mass is 16.6. The molecule has 0 radical (unpaired) electrons. The Labute approximate surface area is 185 Å². The lowest BCUT2D eigenvalue weighted by Gasteiger charge is -2.04. The van der Waals surface area contributed by atoms with Crippen LogP contribution in [-0.2, 0) is 0 Å². The van der Waals surface area contributed by atoms with Gasteiger partial charge in [0, 0.05) is 0 Å². The van der Waals surface area contributed by atoms with Crippen LogP contribution in [0.5, 0.6) is 34.5 Å². The number of para-hydroxylation sites is 2. The summed E-state index contributed by atoms with van der Waals surface area (Å²) in [5.41, 5.74) is 0. The molecule has 0 aliphatic heterocycles. The van der Waals surface area contributed by atoms with Gasteiger partial charge in [-0.1, -0.05) is 36.4 Å². The maximum absolute atomic E-state index is 9.07. The van der Waals surface area contributed by atoms with Crippen molar-refractivity contribution in [3.63, 3.8) is 0 Å². The van der Waals surface area contributed by atoms with E-state index in [1.165, 1.54) is 0 Å². The standard InChI is InChI=1S/2C12H10O2.CH2O3/c2*13-10-6-8-12(9-7-10)14-11-4-2-1-3-5-11;2-1(3)4/h2*1-9,13H;(H2,2,3,4). The van der Waals surface area contributed by atoms with Gasteiger partial charge in [-0.2, -0.15) is 0 Å². The topological polar surface area (TPSA) is 116 Å². The molecule has 0 atom stereocenters. The molecular formula is C25H22O7. The fourth-order valence-corrected chi connectivity index (χ4v) is 2.28. The summed E-state index contributed by atoms with van der Waals surface area (Å²) < 4.78 is 11.0. The van der Waals surface area contributed by atoms with E-state index in [9.17, 15) is 0 Å². The number of carboxylic acid groups (broad SMARTS) is 2. The van der Waals surface area contributed by atoms with Gasteiger partial charge < -0.3 is 29.9 Å². The van der Waals surface area contributed by atoms with Crippen LogP contribution in [0.15, 0.2) is 109 Å². The highest BCUT2D eigenvalue weighted by molar-refractivity contribution is 5.53. The van der Waals surface area contributed by atoms with Crippen molar-refractivity contribution in [3.05, 3.63) is 109 Å². The van der Waals surface area contributed by atoms with Gasteiger partial charge in [-0.05, 0) is 72.8 Å². The molecule has 4 aromatic rings. The van der Waals surface area contributed by atoms with Crippen molar-refractivity contribution < 1.29 is 34.7 Å². The van der Waals surface area contributed by atoms with E-state index < -0.39 is 6.16 Å². The average molecular weight is 434 g/mol. The first-order chi connectivity index (χ1) is 15.4. The van der Waals surface area contributed by atoms with Crippen molar-refractivity contribution >= 4 is 6.16 Å². The number of rotatable bonds is 4. The molecule has 0 amide bonds. The molecule has 0 fully saturated rings. The molecule has 0 aromatic heterocycles. The number of hydrogen-bond acceptors (Lipinski definition) is 5. The van der Waals surface area contributed by atoms with Gasteiger partial charge in [-0.15, -0.1) is 0 Å². The van der Waals surface area contributed by atoms with Gasteiger partial charge in [0.1, 0.15) is 34.5 Å². The van der Waals surface area contributed by atoms with Crippen molar-refractivity contribution in [3.8, 4) is 34.5 Å². The van der Waals surface area contributed by atoms with Gasteiger partial charge in [0.05, 0.1) is 0 Å². The minimum atomic E-state index is -1.83. The van der Waals surface area contributed by atoms with E-state index in [2.05, 4.69) is 0 Å². The quantitative estimate of drug-likeness (QED) is 0.286. The largest absolute Gasteiger partial charge is 0.508 e. The van der Waals surface area contributed by atoms with E-state index in [0.717, 1.165) is 11.5 Å². The van der Waals surface area contributed by atoms with E-state index in [4.69, 9.17) is 34.7 Å². The SMILES string of the molecule is O=C(O)O.Oc1ccc(Oc2ccccc2)cc1.Oc1ccc(Oc2ccccc2)cc1. The Kier molecular flexibility index (Phi) is 9.46. The number of aromatic hydroxyl groups is 2. The number of hydrogen-bond donors (Lipinski definition) is 4. The predicted octanol–water partition coefficient (Wildman–Crippen LogP) is 6.59. The van der Waals surface area contributed by atoms with Crippen molar-refractivity contribution in [1.29, 1.82) is 0 Å². The lowest BCUT2D eigenvalue weighted by atomic mass is 10.3. The van der Waals surface area contributed by atoms with Crippen LogP contribution in [0.4, 0.5) is 4.79 Å². The van der Waals surface area contributed by atoms with E-state index in [-0.39, 0.29) is 11.5 Å². The van der Waals surface area contributed by atoms with Crippen LogP contribution in [0.25, 0.3) is 0 Å². The summed E-state index contributed by atoms with van der Waals surface area (Å²) in [6.07, 6.45) is -1.83. The van der Waals surface area contributed by atoms with Crippen LogP contribution in [0.2, 0.25) is 0 Å². The van der Waals surface area contributed by atoms with Crippen molar-refractivity contribution in [2.75, 3.05) is 0 Å². The monoisotopic (exact) mass is 434 g/mol. The molecule has 0 saturated carbocycles. The molecule has 0 aliphatic carbocycles. The van der Waals surface area contributed by atoms with E-state index >= 15 is 0 Å². The third-order valence-electron chi connectivity index (χ3n) is 3.63. The summed E-state index contributed by atoms with van der Waals surface area (Å²) in [7, 11) is 0. The predicted molar refractivity (Wildman–Crippen MR) is 120 cm³/mol. The maximum atomic E-state index is 9.07. The minimum Gasteiger partial charge on any atom is -0.508 e. The number of phenolic OH excluding ortho intramolecular Hbond substituents is 2. The normalized spacial score (nSPS) is 9.25. The molecule has 0 aliphatic rings. The first kappa shape index (κ1) is 23.6. The second kappa shape index (κ2) is 12.8. The zero-order chi connectivity index (χ0) is 23.2. The first-order valence-corrected chi connectivity index (χ1v) is 9.38. The summed E-state index contributed by atoms with van der Waals surface area (Å²) in [5, 5.41) is 32.1. The summed E-state index contributed by atoms with van der Waals surface area (Å²) in [5.74, 6) is 3.50. The highest BCUT2D eigenvalue weighted by Crippen LogP contribution is 2.23. The lowest BCUT2D eigenvalue weighted by Crippen LogP contribution is -1.81. The van der Waals surface area contributed by atoms with E-state index in [1.807, 2.05) is 60.7 Å². The molecule has 4 N–H and O–H groups in total. The van der Waals surface area contributed by atoms with Crippen molar-refractivity contribution in [2.24, 2.45) is 0 Å². The Balaban J connectivity index is 0.000000195. The van der Waals surface area contributed by atoms with Gasteiger partial charge in [0.2, 0.25) is 0 Å². The molecule has 7 heteroatoms. The fourth-order valence-electron chi connectivity index (χ4n) is 2.28. The van der Waals surface area contributed by atoms with Gasteiger partial charge in [0.25, 0.3) is 0 Å². The third-order valence-corrected chi connectivity index (χ3v) is 3.63. The van der Waals surface area contributed by atoms with Gasteiger partial charge in [0.15, 0.2) is 0 Å². The summed E-state index contributed by atoms with van der Waals surface area (Å²) in [4.78, 5) is 8.56. The van der Waals surface area contributed by atoms with Crippen LogP contribution in [0, 0.1) is 0 Å². The molecule has 32 heavy (non-hydrogen) atoms. The lowest BCUT2D eigenvalue weighted by molar-refractivity contribution is 0.137. The average Bonchev–Trinajstić information content (AvgIpc) is 2.79. The number of benzene rings is 4. The zero-order valence-electron chi connectivity index (χ0n) is 16.9. The van der Waals surface area contributed by atoms with Crippen LogP contribution in [0.3, 0.4) is 0 Å². The second-order valence-electron chi connectivity index (χ2n) is 6.10. The number of phenols is 2. The molecule has 4 rings (SSSR count). The van der Waals surface area contributed by atoms with Crippen LogP contribution >= 0.6 is 0 Å². The molecule has 7 nitrogen and oxygen atoms in total. The fraction of sp³-hybridized carbons (Fsp3) is 0. The zero-order valence-corrected chi connectivity index (χ0v) is 16.9. The third kappa shape index (κ3) is 9.71. The number of carbonyl (C=O) groups is 1. The van der Waals surface area contributed by atoms with Crippen molar-refractivity contribution in [2.45, 2.75) is 0 Å². The molecule has 0 unspecified atom stereocenters. The second-order valence-corrected chi connectivity index (χ2v) is 6.10. The van der Waals surface area contributed by atoms with Gasteiger partial charge >= 0.3 is 6.16 Å². The molecule has 0 heterocycles.